The summed E-state index contributed by atoms with van der Waals surface area (Å²) in [5.74, 6) is 0.0324. The number of amidine groups is 1. The van der Waals surface area contributed by atoms with E-state index >= 15 is 0 Å². The number of imide groups is 1. The Morgan fingerprint density at radius 1 is 1.33 bits per heavy atom. The first-order valence-corrected chi connectivity index (χ1v) is 9.84. The Bertz CT molecular complexity index is 911. The molecule has 0 aromatic heterocycles. The SMILES string of the molecule is COCC1=C(SCc2ccc(Cl)cc2Cl)C2C(=O)N(C)C(=O)[N+](C)=C2N=C1. The maximum Gasteiger partial charge on any atom is 0.445 e. The van der Waals surface area contributed by atoms with Gasteiger partial charge in [-0.3, -0.25) is 4.79 Å². The van der Waals surface area contributed by atoms with Crippen molar-refractivity contribution in [1.82, 2.24) is 4.90 Å². The molecule has 0 saturated carbocycles. The predicted molar refractivity (Wildman–Crippen MR) is 108 cm³/mol. The summed E-state index contributed by atoms with van der Waals surface area (Å²) in [6.07, 6.45) is 1.66. The summed E-state index contributed by atoms with van der Waals surface area (Å²) in [5, 5.41) is 1.13. The Labute approximate surface area is 171 Å². The van der Waals surface area contributed by atoms with Gasteiger partial charge >= 0.3 is 11.9 Å². The van der Waals surface area contributed by atoms with Crippen LogP contribution in [0.2, 0.25) is 10.0 Å². The number of nitrogens with zero attached hydrogens (tertiary/aromatic N) is 3. The molecule has 1 unspecified atom stereocenters. The number of thioether (sulfide) groups is 1. The molecular weight excluding hydrogens is 409 g/mol. The van der Waals surface area contributed by atoms with Crippen molar-refractivity contribution in [3.8, 4) is 0 Å². The van der Waals surface area contributed by atoms with Crippen LogP contribution in [0.4, 0.5) is 4.79 Å². The van der Waals surface area contributed by atoms with Crippen LogP contribution in [-0.4, -0.2) is 61.3 Å². The number of halogens is 2. The third kappa shape index (κ3) is 3.82. The molecule has 2 aliphatic heterocycles. The minimum absolute atomic E-state index is 0.303. The smallest absolute Gasteiger partial charge is 0.380 e. The van der Waals surface area contributed by atoms with Gasteiger partial charge in [0.2, 0.25) is 0 Å². The first-order valence-electron chi connectivity index (χ1n) is 8.10. The topological polar surface area (TPSA) is 62.0 Å². The minimum Gasteiger partial charge on any atom is -0.380 e. The number of hydrogen-bond acceptors (Lipinski definition) is 5. The molecule has 2 aliphatic rings. The van der Waals surface area contributed by atoms with E-state index < -0.39 is 11.9 Å². The third-order valence-corrected chi connectivity index (χ3v) is 6.23. The Balaban J connectivity index is 1.99. The van der Waals surface area contributed by atoms with Crippen LogP contribution >= 0.6 is 35.0 Å². The first-order chi connectivity index (χ1) is 12.8. The molecule has 0 N–H and O–H groups in total. The number of aliphatic imine (C=N–C) groups is 1. The Kier molecular flexibility index (Phi) is 6.05. The average molecular weight is 427 g/mol. The summed E-state index contributed by atoms with van der Waals surface area (Å²) in [6.45, 7) is 0.318. The van der Waals surface area contributed by atoms with Gasteiger partial charge in [0.15, 0.2) is 5.92 Å². The molecule has 0 fully saturated rings. The molecule has 3 rings (SSSR count). The number of urea groups is 1. The number of benzene rings is 1. The van der Waals surface area contributed by atoms with Gasteiger partial charge in [-0.25, -0.2) is 4.79 Å². The largest absolute Gasteiger partial charge is 0.445 e. The molecule has 0 saturated heterocycles. The van der Waals surface area contributed by atoms with E-state index in [1.807, 2.05) is 6.07 Å². The van der Waals surface area contributed by atoms with E-state index in [-0.39, 0.29) is 5.91 Å². The third-order valence-electron chi connectivity index (χ3n) is 4.38. The van der Waals surface area contributed by atoms with Gasteiger partial charge in [-0.2, -0.15) is 9.48 Å². The van der Waals surface area contributed by atoms with E-state index in [0.717, 1.165) is 20.9 Å². The molecule has 3 amide bonds. The maximum atomic E-state index is 12.9. The normalized spacial score (nSPS) is 19.9. The highest BCUT2D eigenvalue weighted by molar-refractivity contribution is 8.02. The number of carbonyl (C=O) groups is 2. The van der Waals surface area contributed by atoms with Gasteiger partial charge in [0.25, 0.3) is 5.84 Å². The number of fused-ring (bicyclic) bond motifs is 1. The van der Waals surface area contributed by atoms with Gasteiger partial charge in [0, 0.05) is 33.4 Å². The zero-order valence-electron chi connectivity index (χ0n) is 15.0. The summed E-state index contributed by atoms with van der Waals surface area (Å²) in [7, 11) is 4.68. The summed E-state index contributed by atoms with van der Waals surface area (Å²) in [6, 6.07) is 4.93. The lowest BCUT2D eigenvalue weighted by molar-refractivity contribution is -0.407. The molecule has 0 aliphatic carbocycles. The first kappa shape index (κ1) is 20.1. The standard InChI is InChI=1S/C18H18Cl2N3O3S/c1-22-16-14(17(24)23(2)18(22)25)15(11(7-21-16)8-26-3)27-9-10-4-5-12(19)6-13(10)20/h4-7,14H,8-9H2,1-3H3/q+1. The number of dihydropyridines is 1. The van der Waals surface area contributed by atoms with Gasteiger partial charge in [-0.1, -0.05) is 29.3 Å². The highest BCUT2D eigenvalue weighted by Crippen LogP contribution is 2.37. The Morgan fingerprint density at radius 3 is 2.74 bits per heavy atom. The Hall–Kier alpha value is -1.67. The fourth-order valence-corrected chi connectivity index (χ4v) is 4.72. The van der Waals surface area contributed by atoms with E-state index in [4.69, 9.17) is 27.9 Å². The molecule has 6 nitrogen and oxygen atoms in total. The number of methoxy groups -OCH3 is 1. The van der Waals surface area contributed by atoms with E-state index in [2.05, 4.69) is 4.99 Å². The summed E-state index contributed by atoms with van der Waals surface area (Å²) < 4.78 is 6.68. The number of carbonyl (C=O) groups excluding carboxylic acids is 2. The zero-order chi connectivity index (χ0) is 19.7. The fourth-order valence-electron chi connectivity index (χ4n) is 2.93. The minimum atomic E-state index is -0.635. The molecule has 9 heteroatoms. The fraction of sp³-hybridized carbons (Fsp3) is 0.333. The average Bonchev–Trinajstić information content (AvgIpc) is 2.64. The van der Waals surface area contributed by atoms with Crippen LogP contribution in [0.1, 0.15) is 5.56 Å². The molecule has 2 heterocycles. The van der Waals surface area contributed by atoms with Crippen molar-refractivity contribution in [1.29, 1.82) is 0 Å². The van der Waals surface area contributed by atoms with Crippen molar-refractivity contribution in [2.75, 3.05) is 27.8 Å². The van der Waals surface area contributed by atoms with Crippen LogP contribution < -0.4 is 0 Å². The van der Waals surface area contributed by atoms with Crippen LogP contribution in [0.5, 0.6) is 0 Å². The van der Waals surface area contributed by atoms with E-state index in [1.54, 1.807) is 32.5 Å². The molecular formula is C18H18Cl2N3O3S+. The Morgan fingerprint density at radius 2 is 2.07 bits per heavy atom. The number of rotatable bonds is 5. The number of hydrogen-bond donors (Lipinski definition) is 0. The second-order valence-electron chi connectivity index (χ2n) is 6.14. The van der Waals surface area contributed by atoms with E-state index in [0.29, 0.717) is 28.2 Å². The lowest BCUT2D eigenvalue weighted by atomic mass is 9.98. The van der Waals surface area contributed by atoms with Crippen LogP contribution in [0.25, 0.3) is 0 Å². The van der Waals surface area contributed by atoms with E-state index in [9.17, 15) is 9.59 Å². The van der Waals surface area contributed by atoms with Crippen LogP contribution in [0, 0.1) is 5.92 Å². The molecule has 1 aromatic carbocycles. The molecule has 1 aromatic rings. The van der Waals surface area contributed by atoms with Crippen molar-refractivity contribution < 1.29 is 18.9 Å². The van der Waals surface area contributed by atoms with Crippen LogP contribution in [-0.2, 0) is 15.3 Å². The van der Waals surface area contributed by atoms with Crippen molar-refractivity contribution in [2.45, 2.75) is 5.75 Å². The maximum absolute atomic E-state index is 12.9. The second kappa shape index (κ2) is 8.14. The highest BCUT2D eigenvalue weighted by atomic mass is 35.5. The van der Waals surface area contributed by atoms with Crippen molar-refractivity contribution >= 4 is 59.0 Å². The highest BCUT2D eigenvalue weighted by Gasteiger charge is 2.48. The second-order valence-corrected chi connectivity index (χ2v) is 8.00. The van der Waals surface area contributed by atoms with Gasteiger partial charge in [0.05, 0.1) is 20.7 Å². The molecule has 0 radical (unpaired) electrons. The lowest BCUT2D eigenvalue weighted by Crippen LogP contribution is -2.52. The van der Waals surface area contributed by atoms with Crippen LogP contribution in [0.3, 0.4) is 0 Å². The van der Waals surface area contributed by atoms with Crippen molar-refractivity contribution in [3.05, 3.63) is 44.3 Å². The number of amides is 3. The lowest BCUT2D eigenvalue weighted by Gasteiger charge is -2.28. The summed E-state index contributed by atoms with van der Waals surface area (Å²) in [5.41, 5.74) is 1.71. The summed E-state index contributed by atoms with van der Waals surface area (Å²) in [4.78, 5) is 31.4. The quantitative estimate of drug-likeness (QED) is 0.676. The molecule has 142 valence electrons. The van der Waals surface area contributed by atoms with Gasteiger partial charge in [0.1, 0.15) is 6.21 Å². The molecule has 0 bridgehead atoms. The van der Waals surface area contributed by atoms with Crippen molar-refractivity contribution in [2.24, 2.45) is 10.9 Å². The van der Waals surface area contributed by atoms with Gasteiger partial charge < -0.3 is 4.74 Å². The molecule has 0 spiro atoms. The van der Waals surface area contributed by atoms with Crippen molar-refractivity contribution in [3.63, 3.8) is 0 Å². The van der Waals surface area contributed by atoms with Gasteiger partial charge in [-0.05, 0) is 17.7 Å². The monoisotopic (exact) mass is 426 g/mol. The molecule has 27 heavy (non-hydrogen) atoms. The predicted octanol–water partition coefficient (Wildman–Crippen LogP) is 3.46. The van der Waals surface area contributed by atoms with E-state index in [1.165, 1.54) is 23.4 Å². The number of ether oxygens (including phenoxy) is 1. The van der Waals surface area contributed by atoms with Crippen LogP contribution in [0.15, 0.2) is 33.7 Å². The summed E-state index contributed by atoms with van der Waals surface area (Å²) >= 11 is 13.7. The zero-order valence-corrected chi connectivity index (χ0v) is 17.4. The molecule has 1 atom stereocenters. The van der Waals surface area contributed by atoms with Gasteiger partial charge in [-0.15, -0.1) is 16.8 Å².